The van der Waals surface area contributed by atoms with Crippen molar-refractivity contribution in [2.24, 2.45) is 0 Å². The number of hydrogen-bond donors (Lipinski definition) is 1. The van der Waals surface area contributed by atoms with Crippen LogP contribution in [0.25, 0.3) is 0 Å². The minimum Gasteiger partial charge on any atom is -0.318 e. The average molecular weight is 235 g/mol. The normalized spacial score (nSPS) is 10.0. The highest BCUT2D eigenvalue weighted by Crippen LogP contribution is 2.12. The molecule has 0 atom stereocenters. The van der Waals surface area contributed by atoms with Gasteiger partial charge < -0.3 is 5.32 Å². The summed E-state index contributed by atoms with van der Waals surface area (Å²) in [5.41, 5.74) is 0.150. The van der Waals surface area contributed by atoms with E-state index in [1.54, 1.807) is 0 Å². The number of pyridine rings is 2. The molecule has 0 fully saturated rings. The van der Waals surface area contributed by atoms with Gasteiger partial charge in [0, 0.05) is 18.0 Å². The van der Waals surface area contributed by atoms with Gasteiger partial charge in [0.05, 0.1) is 5.69 Å². The average Bonchev–Trinajstić information content (AvgIpc) is 2.34. The smallest absolute Gasteiger partial charge is 0.255 e. The number of aromatic nitrogens is 2. The summed E-state index contributed by atoms with van der Waals surface area (Å²) in [6.45, 7) is 0. The molecule has 2 rings (SSSR count). The number of anilines is 1. The minimum absolute atomic E-state index is 0.173. The molecule has 0 radical (unpaired) electrons. The fourth-order valence-corrected chi connectivity index (χ4v) is 1.20. The van der Waals surface area contributed by atoms with Gasteiger partial charge in [-0.25, -0.2) is 0 Å². The van der Waals surface area contributed by atoms with Crippen molar-refractivity contribution in [3.05, 3.63) is 54.1 Å². The molecule has 6 heteroatoms. The van der Waals surface area contributed by atoms with Gasteiger partial charge in [0.2, 0.25) is 11.9 Å². The van der Waals surface area contributed by atoms with Crippen LogP contribution in [0.15, 0.2) is 36.7 Å². The molecule has 0 saturated heterocycles. The fourth-order valence-electron chi connectivity index (χ4n) is 1.20. The van der Waals surface area contributed by atoms with E-state index in [9.17, 15) is 13.6 Å². The van der Waals surface area contributed by atoms with E-state index in [1.165, 1.54) is 24.5 Å². The lowest BCUT2D eigenvalue weighted by Gasteiger charge is -2.05. The molecule has 0 spiro atoms. The summed E-state index contributed by atoms with van der Waals surface area (Å²) in [7, 11) is 0. The number of nitrogens with one attached hydrogen (secondary N) is 1. The van der Waals surface area contributed by atoms with Gasteiger partial charge in [-0.3, -0.25) is 9.78 Å². The van der Waals surface area contributed by atoms with Gasteiger partial charge >= 0.3 is 0 Å². The second kappa shape index (κ2) is 4.65. The zero-order valence-corrected chi connectivity index (χ0v) is 8.52. The zero-order chi connectivity index (χ0) is 12.3. The molecule has 0 saturated carbocycles. The lowest BCUT2D eigenvalue weighted by Crippen LogP contribution is -2.13. The van der Waals surface area contributed by atoms with Crippen LogP contribution >= 0.6 is 0 Å². The van der Waals surface area contributed by atoms with E-state index in [4.69, 9.17) is 0 Å². The van der Waals surface area contributed by atoms with E-state index in [2.05, 4.69) is 15.3 Å². The molecule has 4 nitrogen and oxygen atoms in total. The summed E-state index contributed by atoms with van der Waals surface area (Å²) in [4.78, 5) is 18.3. The molecule has 0 bridgehead atoms. The molecular weight excluding hydrogens is 228 g/mol. The Morgan fingerprint density at radius 2 is 1.82 bits per heavy atom. The highest BCUT2D eigenvalue weighted by molar-refractivity contribution is 6.04. The first kappa shape index (κ1) is 11.1. The maximum Gasteiger partial charge on any atom is 0.255 e. The molecule has 0 aliphatic heterocycles. The Bertz CT molecular complexity index is 546. The summed E-state index contributed by atoms with van der Waals surface area (Å²) < 4.78 is 25.7. The molecule has 0 aliphatic rings. The van der Waals surface area contributed by atoms with Crippen molar-refractivity contribution in [1.82, 2.24) is 9.97 Å². The van der Waals surface area contributed by atoms with Gasteiger partial charge in [-0.15, -0.1) is 0 Å². The van der Waals surface area contributed by atoms with Crippen molar-refractivity contribution >= 4 is 11.6 Å². The summed E-state index contributed by atoms with van der Waals surface area (Å²) >= 11 is 0. The van der Waals surface area contributed by atoms with Crippen LogP contribution in [0.1, 0.15) is 10.4 Å². The van der Waals surface area contributed by atoms with Crippen LogP contribution in [0.4, 0.5) is 14.5 Å². The SMILES string of the molecule is O=C(Nc1ccc(F)nc1F)c1ccncc1. The van der Waals surface area contributed by atoms with Crippen molar-refractivity contribution in [3.63, 3.8) is 0 Å². The third kappa shape index (κ3) is 2.60. The van der Waals surface area contributed by atoms with Crippen LogP contribution in [0.2, 0.25) is 0 Å². The Morgan fingerprint density at radius 1 is 1.12 bits per heavy atom. The predicted molar refractivity (Wildman–Crippen MR) is 56.3 cm³/mol. The number of carbonyl (C=O) groups is 1. The van der Waals surface area contributed by atoms with Gasteiger partial charge in [0.1, 0.15) is 0 Å². The van der Waals surface area contributed by atoms with E-state index < -0.39 is 17.8 Å². The third-order valence-electron chi connectivity index (χ3n) is 2.01. The highest BCUT2D eigenvalue weighted by Gasteiger charge is 2.10. The number of carbonyl (C=O) groups excluding carboxylic acids is 1. The van der Waals surface area contributed by atoms with Crippen LogP contribution < -0.4 is 5.32 Å². The van der Waals surface area contributed by atoms with E-state index in [0.717, 1.165) is 12.1 Å². The Balaban J connectivity index is 2.19. The standard InChI is InChI=1S/C11H7F2N3O/c12-9-2-1-8(10(13)16-9)15-11(17)7-3-5-14-6-4-7/h1-6H,(H,15,17). The maximum atomic E-state index is 13.1. The molecular formula is C11H7F2N3O. The minimum atomic E-state index is -1.06. The number of halogens is 2. The molecule has 0 unspecified atom stereocenters. The molecule has 2 aromatic heterocycles. The summed E-state index contributed by atoms with van der Waals surface area (Å²) in [5, 5.41) is 2.28. The Kier molecular flexibility index (Phi) is 3.04. The Hall–Kier alpha value is -2.37. The van der Waals surface area contributed by atoms with Gasteiger partial charge in [0.25, 0.3) is 5.91 Å². The van der Waals surface area contributed by atoms with Crippen LogP contribution in [0.5, 0.6) is 0 Å². The van der Waals surface area contributed by atoms with Gasteiger partial charge in [-0.05, 0) is 24.3 Å². The fraction of sp³-hybridized carbons (Fsp3) is 0. The first-order chi connectivity index (χ1) is 8.16. The summed E-state index contributed by atoms with van der Waals surface area (Å²) in [6.07, 6.45) is 2.88. The van der Waals surface area contributed by atoms with Gasteiger partial charge in [0.15, 0.2) is 0 Å². The first-order valence-electron chi connectivity index (χ1n) is 4.70. The lowest BCUT2D eigenvalue weighted by atomic mass is 10.2. The van der Waals surface area contributed by atoms with Crippen molar-refractivity contribution < 1.29 is 13.6 Å². The molecule has 86 valence electrons. The van der Waals surface area contributed by atoms with E-state index in [1.807, 2.05) is 0 Å². The van der Waals surface area contributed by atoms with E-state index in [-0.39, 0.29) is 5.69 Å². The molecule has 17 heavy (non-hydrogen) atoms. The molecule has 1 amide bonds. The second-order valence-electron chi connectivity index (χ2n) is 3.16. The van der Waals surface area contributed by atoms with Crippen molar-refractivity contribution in [2.45, 2.75) is 0 Å². The quantitative estimate of drug-likeness (QED) is 0.810. The molecule has 0 aromatic carbocycles. The van der Waals surface area contributed by atoms with Gasteiger partial charge in [-0.1, -0.05) is 0 Å². The predicted octanol–water partition coefficient (Wildman–Crippen LogP) is 2.01. The van der Waals surface area contributed by atoms with E-state index in [0.29, 0.717) is 5.56 Å². The Morgan fingerprint density at radius 3 is 2.47 bits per heavy atom. The molecule has 0 aliphatic carbocycles. The molecule has 2 heterocycles. The van der Waals surface area contributed by atoms with Crippen LogP contribution in [0.3, 0.4) is 0 Å². The largest absolute Gasteiger partial charge is 0.318 e. The summed E-state index contributed by atoms with van der Waals surface area (Å²) in [6, 6.07) is 5.02. The number of nitrogens with zero attached hydrogens (tertiary/aromatic N) is 2. The molecule has 1 N–H and O–H groups in total. The van der Waals surface area contributed by atoms with Crippen molar-refractivity contribution in [1.29, 1.82) is 0 Å². The van der Waals surface area contributed by atoms with Crippen molar-refractivity contribution in [3.8, 4) is 0 Å². The second-order valence-corrected chi connectivity index (χ2v) is 3.16. The maximum absolute atomic E-state index is 13.1. The topological polar surface area (TPSA) is 54.9 Å². The first-order valence-corrected chi connectivity index (χ1v) is 4.70. The Labute approximate surface area is 95.3 Å². The van der Waals surface area contributed by atoms with E-state index >= 15 is 0 Å². The monoisotopic (exact) mass is 235 g/mol. The van der Waals surface area contributed by atoms with Crippen LogP contribution in [-0.2, 0) is 0 Å². The number of hydrogen-bond acceptors (Lipinski definition) is 3. The van der Waals surface area contributed by atoms with Crippen molar-refractivity contribution in [2.75, 3.05) is 5.32 Å². The van der Waals surface area contributed by atoms with Gasteiger partial charge in [-0.2, -0.15) is 13.8 Å². The lowest BCUT2D eigenvalue weighted by molar-refractivity contribution is 0.102. The summed E-state index contributed by atoms with van der Waals surface area (Å²) in [5.74, 6) is -2.52. The molecule has 2 aromatic rings. The van der Waals surface area contributed by atoms with Crippen LogP contribution in [0, 0.1) is 11.9 Å². The third-order valence-corrected chi connectivity index (χ3v) is 2.01. The number of rotatable bonds is 2. The highest BCUT2D eigenvalue weighted by atomic mass is 19.1. The number of amides is 1. The van der Waals surface area contributed by atoms with Crippen LogP contribution in [-0.4, -0.2) is 15.9 Å². The zero-order valence-electron chi connectivity index (χ0n) is 8.52.